The van der Waals surface area contributed by atoms with Crippen LogP contribution in [0.2, 0.25) is 0 Å². The van der Waals surface area contributed by atoms with Crippen LogP contribution in [0.15, 0.2) is 36.4 Å². The van der Waals surface area contributed by atoms with Gasteiger partial charge in [-0.1, -0.05) is 24.3 Å². The topological polar surface area (TPSA) is 66.8 Å². The van der Waals surface area contributed by atoms with Gasteiger partial charge < -0.3 is 14.5 Å². The van der Waals surface area contributed by atoms with Gasteiger partial charge in [-0.3, -0.25) is 4.57 Å². The number of unbranched alkanes of at least 4 members (excludes halogenated alkanes) is 2. The molecule has 0 heterocycles. The standard InChI is InChI=1S/C27H33F2O4P/c28-25-23(8-9-24(26(25)29)33-10-2-1-3-11-34(30,31)32)21-4-6-22(7-5-21)27-15-18-12-19(16-27)14-20(13-18)17-27/h4-9,18-20H,1-3,10-17H2,(H2,30,31,32)/t18-,19?,20?,27-. The van der Waals surface area contributed by atoms with Crippen LogP contribution in [-0.2, 0) is 9.98 Å². The normalized spacial score (nSPS) is 27.8. The lowest BCUT2D eigenvalue weighted by Crippen LogP contribution is -2.48. The molecule has 184 valence electrons. The summed E-state index contributed by atoms with van der Waals surface area (Å²) in [6.45, 7) is 0.163. The maximum absolute atomic E-state index is 14.9. The SMILES string of the molecule is O=P(O)(O)CCCCCOc1ccc(-c2ccc([C@]34CC5CC(C[C@H](C5)C3)C4)cc2)c(F)c1F. The van der Waals surface area contributed by atoms with E-state index in [0.29, 0.717) is 24.8 Å². The van der Waals surface area contributed by atoms with E-state index in [2.05, 4.69) is 12.1 Å². The lowest BCUT2D eigenvalue weighted by atomic mass is 9.48. The molecule has 4 nitrogen and oxygen atoms in total. The number of hydrogen-bond acceptors (Lipinski definition) is 2. The second-order valence-electron chi connectivity index (χ2n) is 10.8. The third kappa shape index (κ3) is 4.96. The van der Waals surface area contributed by atoms with Gasteiger partial charge in [0, 0.05) is 11.7 Å². The van der Waals surface area contributed by atoms with Crippen molar-refractivity contribution in [3.8, 4) is 16.9 Å². The number of rotatable bonds is 9. The molecule has 4 aliphatic carbocycles. The molecule has 2 aromatic rings. The highest BCUT2D eigenvalue weighted by Crippen LogP contribution is 2.60. The molecule has 7 heteroatoms. The van der Waals surface area contributed by atoms with Crippen LogP contribution in [-0.4, -0.2) is 22.6 Å². The fourth-order valence-electron chi connectivity index (χ4n) is 7.11. The average molecular weight is 491 g/mol. The Bertz CT molecular complexity index is 1040. The Morgan fingerprint density at radius 1 is 0.853 bits per heavy atom. The minimum absolute atomic E-state index is 0.138. The lowest BCUT2D eigenvalue weighted by molar-refractivity contribution is -0.00518. The second kappa shape index (κ2) is 9.37. The molecule has 0 unspecified atom stereocenters. The van der Waals surface area contributed by atoms with Gasteiger partial charge in [0.25, 0.3) is 0 Å². The van der Waals surface area contributed by atoms with Crippen LogP contribution in [0.3, 0.4) is 0 Å². The van der Waals surface area contributed by atoms with Crippen molar-refractivity contribution >= 4 is 7.60 Å². The summed E-state index contributed by atoms with van der Waals surface area (Å²) in [5.74, 6) is 0.518. The fraction of sp³-hybridized carbons (Fsp3) is 0.556. The first-order valence-corrected chi connectivity index (χ1v) is 14.3. The van der Waals surface area contributed by atoms with Gasteiger partial charge in [0.1, 0.15) is 0 Å². The Morgan fingerprint density at radius 3 is 2.06 bits per heavy atom. The van der Waals surface area contributed by atoms with Crippen LogP contribution in [0.4, 0.5) is 8.78 Å². The maximum Gasteiger partial charge on any atom is 0.325 e. The van der Waals surface area contributed by atoms with Gasteiger partial charge in [-0.05, 0) is 104 Å². The van der Waals surface area contributed by atoms with E-state index in [1.54, 1.807) is 6.07 Å². The van der Waals surface area contributed by atoms with Crippen LogP contribution in [0, 0.1) is 29.4 Å². The van der Waals surface area contributed by atoms with E-state index >= 15 is 0 Å². The largest absolute Gasteiger partial charge is 0.490 e. The summed E-state index contributed by atoms with van der Waals surface area (Å²) in [7, 11) is -3.99. The van der Waals surface area contributed by atoms with Crippen LogP contribution in [0.25, 0.3) is 11.1 Å². The average Bonchev–Trinajstić information content (AvgIpc) is 2.77. The molecular weight excluding hydrogens is 457 g/mol. The molecule has 4 bridgehead atoms. The number of ether oxygens (including phenoxy) is 1. The first-order valence-electron chi connectivity index (χ1n) is 12.5. The van der Waals surface area contributed by atoms with E-state index in [0.717, 1.165) is 17.8 Å². The van der Waals surface area contributed by atoms with Crippen molar-refractivity contribution in [2.75, 3.05) is 12.8 Å². The van der Waals surface area contributed by atoms with Crippen LogP contribution in [0.1, 0.15) is 63.4 Å². The monoisotopic (exact) mass is 490 g/mol. The van der Waals surface area contributed by atoms with E-state index < -0.39 is 19.2 Å². The summed E-state index contributed by atoms with van der Waals surface area (Å²) in [6, 6.07) is 11.1. The molecule has 0 aromatic heterocycles. The smallest absolute Gasteiger partial charge is 0.325 e. The highest BCUT2D eigenvalue weighted by molar-refractivity contribution is 7.51. The summed E-state index contributed by atoms with van der Waals surface area (Å²) < 4.78 is 45.8. The van der Waals surface area contributed by atoms with E-state index in [1.807, 2.05) is 12.1 Å². The highest BCUT2D eigenvalue weighted by atomic mass is 31.2. The lowest BCUT2D eigenvalue weighted by Gasteiger charge is -2.57. The summed E-state index contributed by atoms with van der Waals surface area (Å²) in [6.07, 6.45) is 9.23. The molecule has 2 N–H and O–H groups in total. The van der Waals surface area contributed by atoms with Crippen molar-refractivity contribution in [2.24, 2.45) is 17.8 Å². The predicted molar refractivity (Wildman–Crippen MR) is 128 cm³/mol. The van der Waals surface area contributed by atoms with Gasteiger partial charge in [0.05, 0.1) is 6.61 Å². The van der Waals surface area contributed by atoms with E-state index in [4.69, 9.17) is 14.5 Å². The molecule has 0 radical (unpaired) electrons. The molecule has 0 saturated heterocycles. The summed E-state index contributed by atoms with van der Waals surface area (Å²) >= 11 is 0. The third-order valence-electron chi connectivity index (χ3n) is 8.24. The van der Waals surface area contributed by atoms with Crippen molar-refractivity contribution in [3.05, 3.63) is 53.6 Å². The quantitative estimate of drug-likeness (QED) is 0.299. The zero-order valence-electron chi connectivity index (χ0n) is 19.4. The minimum atomic E-state index is -3.99. The van der Waals surface area contributed by atoms with Crippen molar-refractivity contribution < 1.29 is 27.9 Å². The number of benzene rings is 2. The van der Waals surface area contributed by atoms with E-state index in [1.165, 1.54) is 50.2 Å². The van der Waals surface area contributed by atoms with Gasteiger partial charge in [0.15, 0.2) is 11.6 Å². The first kappa shape index (κ1) is 24.0. The van der Waals surface area contributed by atoms with Crippen molar-refractivity contribution in [2.45, 2.75) is 63.2 Å². The minimum Gasteiger partial charge on any atom is -0.490 e. The van der Waals surface area contributed by atoms with Gasteiger partial charge in [0.2, 0.25) is 5.82 Å². The number of halogens is 2. The molecule has 4 fully saturated rings. The molecular formula is C27H33F2O4P. The van der Waals surface area contributed by atoms with Gasteiger partial charge in [-0.2, -0.15) is 4.39 Å². The summed E-state index contributed by atoms with van der Waals surface area (Å²) in [5.41, 5.74) is 2.52. The molecule has 4 saturated carbocycles. The Balaban J connectivity index is 1.23. The third-order valence-corrected chi connectivity index (χ3v) is 9.14. The van der Waals surface area contributed by atoms with Crippen LogP contribution >= 0.6 is 7.60 Å². The predicted octanol–water partition coefficient (Wildman–Crippen LogP) is 6.83. The molecule has 6 rings (SSSR count). The molecule has 2 aromatic carbocycles. The first-order chi connectivity index (χ1) is 16.2. The van der Waals surface area contributed by atoms with Crippen molar-refractivity contribution in [1.29, 1.82) is 0 Å². The van der Waals surface area contributed by atoms with Crippen LogP contribution in [0.5, 0.6) is 5.75 Å². The maximum atomic E-state index is 14.9. The molecule has 0 spiro atoms. The molecule has 4 aliphatic rings. The zero-order chi connectivity index (χ0) is 23.9. The fourth-order valence-corrected chi connectivity index (χ4v) is 7.75. The van der Waals surface area contributed by atoms with Crippen molar-refractivity contribution in [1.82, 2.24) is 0 Å². The van der Waals surface area contributed by atoms with Crippen molar-refractivity contribution in [3.63, 3.8) is 0 Å². The summed E-state index contributed by atoms with van der Waals surface area (Å²) in [4.78, 5) is 17.7. The molecule has 34 heavy (non-hydrogen) atoms. The van der Waals surface area contributed by atoms with Gasteiger partial charge >= 0.3 is 7.60 Å². The zero-order valence-corrected chi connectivity index (χ0v) is 20.3. The molecule has 0 amide bonds. The Kier molecular flexibility index (Phi) is 6.60. The second-order valence-corrected chi connectivity index (χ2v) is 12.6. The Hall–Kier alpha value is -1.75. The molecule has 0 atom stereocenters. The Labute approximate surface area is 199 Å². The highest BCUT2D eigenvalue weighted by Gasteiger charge is 2.51. The molecule has 0 aliphatic heterocycles. The van der Waals surface area contributed by atoms with E-state index in [-0.39, 0.29) is 29.5 Å². The van der Waals surface area contributed by atoms with Crippen LogP contribution < -0.4 is 4.74 Å². The van der Waals surface area contributed by atoms with E-state index in [9.17, 15) is 13.3 Å². The van der Waals surface area contributed by atoms with Gasteiger partial charge in [-0.25, -0.2) is 4.39 Å². The summed E-state index contributed by atoms with van der Waals surface area (Å²) in [5, 5.41) is 0. The van der Waals surface area contributed by atoms with Gasteiger partial charge in [-0.15, -0.1) is 0 Å². The Morgan fingerprint density at radius 2 is 1.47 bits per heavy atom. The number of hydrogen-bond donors (Lipinski definition) is 2.